The molecule has 1 saturated heterocycles. The molecule has 0 amide bonds. The van der Waals surface area contributed by atoms with Crippen molar-refractivity contribution < 1.29 is 14.6 Å². The lowest BCUT2D eigenvalue weighted by molar-refractivity contribution is -0.203. The van der Waals surface area contributed by atoms with Crippen molar-refractivity contribution >= 4 is 0 Å². The van der Waals surface area contributed by atoms with Crippen molar-refractivity contribution in [1.29, 1.82) is 0 Å². The molecule has 118 valence electrons. The Bertz CT molecular complexity index is 465. The second-order valence-electron chi connectivity index (χ2n) is 8.05. The van der Waals surface area contributed by atoms with Crippen LogP contribution in [0.1, 0.15) is 46.5 Å². The average molecular weight is 292 g/mol. The zero-order valence-electron chi connectivity index (χ0n) is 13.5. The maximum Gasteiger partial charge on any atom is 0.174 e. The first-order valence-electron chi connectivity index (χ1n) is 8.64. The fourth-order valence-electron chi connectivity index (χ4n) is 5.84. The Morgan fingerprint density at radius 3 is 2.67 bits per heavy atom. The minimum absolute atomic E-state index is 0.0786. The summed E-state index contributed by atoms with van der Waals surface area (Å²) >= 11 is 0. The minimum Gasteiger partial charge on any atom is -0.392 e. The second kappa shape index (κ2) is 4.56. The summed E-state index contributed by atoms with van der Waals surface area (Å²) < 4.78 is 12.0. The molecule has 1 aliphatic heterocycles. The molecule has 4 rings (SSSR count). The van der Waals surface area contributed by atoms with Gasteiger partial charge >= 0.3 is 0 Å². The number of ether oxygens (including phenoxy) is 2. The van der Waals surface area contributed by atoms with Crippen LogP contribution in [0.2, 0.25) is 0 Å². The van der Waals surface area contributed by atoms with Gasteiger partial charge < -0.3 is 14.6 Å². The van der Waals surface area contributed by atoms with E-state index in [2.05, 4.69) is 26.8 Å². The van der Waals surface area contributed by atoms with Gasteiger partial charge in [-0.15, -0.1) is 0 Å². The van der Waals surface area contributed by atoms with Gasteiger partial charge in [0.15, 0.2) is 5.79 Å². The molecule has 21 heavy (non-hydrogen) atoms. The summed E-state index contributed by atoms with van der Waals surface area (Å²) in [6, 6.07) is 0. The number of aliphatic hydroxyl groups excluding tert-OH is 1. The van der Waals surface area contributed by atoms with Crippen LogP contribution in [0.3, 0.4) is 0 Å². The van der Waals surface area contributed by atoms with E-state index in [-0.39, 0.29) is 17.3 Å². The first-order valence-corrected chi connectivity index (χ1v) is 8.64. The molecule has 0 aromatic carbocycles. The van der Waals surface area contributed by atoms with Crippen LogP contribution in [0.5, 0.6) is 0 Å². The summed E-state index contributed by atoms with van der Waals surface area (Å²) in [6.45, 7) is 8.26. The average Bonchev–Trinajstić information content (AvgIpc) is 3.02. The minimum atomic E-state index is -0.348. The summed E-state index contributed by atoms with van der Waals surface area (Å²) in [4.78, 5) is 0. The van der Waals surface area contributed by atoms with E-state index < -0.39 is 0 Å². The lowest BCUT2D eigenvalue weighted by Crippen LogP contribution is -2.49. The topological polar surface area (TPSA) is 38.7 Å². The fraction of sp³-hybridized carbons (Fsp3) is 0.889. The predicted molar refractivity (Wildman–Crippen MR) is 80.6 cm³/mol. The van der Waals surface area contributed by atoms with Crippen LogP contribution < -0.4 is 0 Å². The van der Waals surface area contributed by atoms with Gasteiger partial charge in [0, 0.05) is 17.8 Å². The van der Waals surface area contributed by atoms with E-state index in [1.54, 1.807) is 5.57 Å². The van der Waals surface area contributed by atoms with E-state index in [1.165, 1.54) is 6.42 Å². The van der Waals surface area contributed by atoms with Crippen LogP contribution in [0.4, 0.5) is 0 Å². The van der Waals surface area contributed by atoms with E-state index in [1.807, 2.05) is 0 Å². The van der Waals surface area contributed by atoms with Gasteiger partial charge in [0.1, 0.15) is 0 Å². The molecular weight excluding hydrogens is 264 g/mol. The highest BCUT2D eigenvalue weighted by Crippen LogP contribution is 2.61. The van der Waals surface area contributed by atoms with Crippen LogP contribution in [0.25, 0.3) is 0 Å². The van der Waals surface area contributed by atoms with Crippen LogP contribution in [0, 0.1) is 29.1 Å². The Kier molecular flexibility index (Phi) is 3.09. The molecule has 0 aromatic heterocycles. The number of hydrogen-bond acceptors (Lipinski definition) is 3. The summed E-state index contributed by atoms with van der Waals surface area (Å²) in [6.07, 6.45) is 6.60. The Labute approximate surface area is 127 Å². The van der Waals surface area contributed by atoms with E-state index in [4.69, 9.17) is 9.47 Å². The largest absolute Gasteiger partial charge is 0.392 e. The smallest absolute Gasteiger partial charge is 0.174 e. The van der Waals surface area contributed by atoms with Gasteiger partial charge in [0.2, 0.25) is 0 Å². The molecule has 1 spiro atoms. The number of hydrogen-bond donors (Lipinski definition) is 1. The monoisotopic (exact) mass is 292 g/mol. The maximum absolute atomic E-state index is 10.6. The van der Waals surface area contributed by atoms with Crippen LogP contribution >= 0.6 is 0 Å². The molecular formula is C18H28O3. The molecule has 3 fully saturated rings. The van der Waals surface area contributed by atoms with Crippen molar-refractivity contribution in [2.24, 2.45) is 29.1 Å². The van der Waals surface area contributed by atoms with Gasteiger partial charge in [0.25, 0.3) is 0 Å². The highest BCUT2D eigenvalue weighted by Gasteiger charge is 2.58. The van der Waals surface area contributed by atoms with E-state index in [9.17, 15) is 5.11 Å². The van der Waals surface area contributed by atoms with Crippen molar-refractivity contribution in [1.82, 2.24) is 0 Å². The summed E-state index contributed by atoms with van der Waals surface area (Å²) in [5.41, 5.74) is 1.63. The first-order chi connectivity index (χ1) is 9.98. The second-order valence-corrected chi connectivity index (χ2v) is 8.05. The number of fused-ring (bicyclic) bond motifs is 3. The Hall–Kier alpha value is -0.380. The molecule has 3 heteroatoms. The van der Waals surface area contributed by atoms with Gasteiger partial charge in [0.05, 0.1) is 19.3 Å². The number of rotatable bonds is 0. The van der Waals surface area contributed by atoms with Crippen LogP contribution in [0.15, 0.2) is 11.6 Å². The van der Waals surface area contributed by atoms with Crippen molar-refractivity contribution in [2.45, 2.75) is 58.3 Å². The summed E-state index contributed by atoms with van der Waals surface area (Å²) in [5.74, 6) is 1.69. The molecule has 0 aromatic rings. The molecule has 3 unspecified atom stereocenters. The maximum atomic E-state index is 10.6. The normalized spacial score (nSPS) is 51.6. The predicted octanol–water partition coefficient (Wildman–Crippen LogP) is 3.13. The fourth-order valence-corrected chi connectivity index (χ4v) is 5.84. The molecule has 1 N–H and O–H groups in total. The van der Waals surface area contributed by atoms with Crippen molar-refractivity contribution in [3.8, 4) is 0 Å². The molecule has 6 atom stereocenters. The van der Waals surface area contributed by atoms with Gasteiger partial charge in [-0.3, -0.25) is 0 Å². The molecule has 0 radical (unpaired) electrons. The third-order valence-electron chi connectivity index (χ3n) is 7.12. The molecule has 0 bridgehead atoms. The SMILES string of the molecule is CC1C2=CC[C@]3(C)C(C[C@@H](C)[C@H]3O)C2CCC12OCCO2. The quantitative estimate of drug-likeness (QED) is 0.697. The molecule has 2 saturated carbocycles. The van der Waals surface area contributed by atoms with Crippen LogP contribution in [-0.2, 0) is 9.47 Å². The van der Waals surface area contributed by atoms with E-state index >= 15 is 0 Å². The summed E-state index contributed by atoms with van der Waals surface area (Å²) in [7, 11) is 0. The Morgan fingerprint density at radius 1 is 1.24 bits per heavy atom. The van der Waals surface area contributed by atoms with Gasteiger partial charge in [-0.2, -0.15) is 0 Å². The third-order valence-corrected chi connectivity index (χ3v) is 7.12. The highest BCUT2D eigenvalue weighted by molar-refractivity contribution is 5.26. The highest BCUT2D eigenvalue weighted by atomic mass is 16.7. The lowest BCUT2D eigenvalue weighted by atomic mass is 9.58. The number of allylic oxidation sites excluding steroid dienone is 1. The lowest BCUT2D eigenvalue weighted by Gasteiger charge is -2.51. The first kappa shape index (κ1) is 14.2. The van der Waals surface area contributed by atoms with Gasteiger partial charge in [-0.05, 0) is 37.0 Å². The zero-order valence-corrected chi connectivity index (χ0v) is 13.5. The van der Waals surface area contributed by atoms with Crippen LogP contribution in [-0.4, -0.2) is 30.2 Å². The van der Waals surface area contributed by atoms with E-state index in [0.717, 1.165) is 32.5 Å². The van der Waals surface area contributed by atoms with Gasteiger partial charge in [-0.25, -0.2) is 0 Å². The van der Waals surface area contributed by atoms with Gasteiger partial charge in [-0.1, -0.05) is 32.4 Å². The van der Waals surface area contributed by atoms with Crippen molar-refractivity contribution in [3.05, 3.63) is 11.6 Å². The number of aliphatic hydroxyl groups is 1. The van der Waals surface area contributed by atoms with E-state index in [0.29, 0.717) is 23.7 Å². The summed E-state index contributed by atoms with van der Waals surface area (Å²) in [5, 5.41) is 10.6. The zero-order chi connectivity index (χ0) is 14.8. The van der Waals surface area contributed by atoms with Crippen molar-refractivity contribution in [2.75, 3.05) is 13.2 Å². The Balaban J connectivity index is 1.67. The van der Waals surface area contributed by atoms with Crippen molar-refractivity contribution in [3.63, 3.8) is 0 Å². The standard InChI is InChI=1S/C18H28O3/c1-11-10-15-14-5-7-18(20-8-9-21-18)12(2)13(14)4-6-17(15,3)16(11)19/h4,11-12,14-16,19H,5-10H2,1-3H3/t11-,12?,14?,15?,16-,17-/m1/s1. The Morgan fingerprint density at radius 2 is 1.95 bits per heavy atom. The molecule has 4 aliphatic rings. The molecule has 3 aliphatic carbocycles. The molecule has 3 nitrogen and oxygen atoms in total. The third kappa shape index (κ3) is 1.77. The molecule has 1 heterocycles.